The zero-order valence-corrected chi connectivity index (χ0v) is 39.0. The van der Waals surface area contributed by atoms with Crippen LogP contribution in [0.1, 0.15) is 77.0 Å². The lowest BCUT2D eigenvalue weighted by Crippen LogP contribution is -2.41. The van der Waals surface area contributed by atoms with Gasteiger partial charge in [0.2, 0.25) is 0 Å². The second-order valence-electron chi connectivity index (χ2n) is 18.9. The van der Waals surface area contributed by atoms with E-state index in [4.69, 9.17) is 34.0 Å². The molecule has 2 atom stereocenters. The van der Waals surface area contributed by atoms with Crippen LogP contribution in [0.25, 0.3) is 34.1 Å². The van der Waals surface area contributed by atoms with Crippen LogP contribution in [0, 0.1) is 0 Å². The van der Waals surface area contributed by atoms with Crippen LogP contribution in [0.15, 0.2) is 43.5 Å². The molecule has 0 radical (unpaired) electrons. The van der Waals surface area contributed by atoms with Gasteiger partial charge in [-0.15, -0.1) is 0 Å². The SMILES string of the molecule is C=C(OCC)c1c([C@H]2CCCC[C@@H](N(C)C(=O)OC(C)(C)C)C2)nc2c(-c3ccc(-c4ncc[nH]4)nc3)cnn2c1N(COCC[Si](C)(C)C)COCC[Si](C)(C)C. The number of anilines is 1. The zero-order chi connectivity index (χ0) is 42.3. The molecule has 1 aliphatic carbocycles. The van der Waals surface area contributed by atoms with E-state index in [0.717, 1.165) is 71.7 Å². The number of fused-ring (bicyclic) bond motifs is 1. The molecule has 0 bridgehead atoms. The van der Waals surface area contributed by atoms with Gasteiger partial charge in [-0.3, -0.25) is 4.98 Å². The molecule has 1 saturated carbocycles. The van der Waals surface area contributed by atoms with E-state index in [9.17, 15) is 4.79 Å². The average Bonchev–Trinajstić information content (AvgIpc) is 3.77. The topological polar surface area (TPSA) is 132 Å². The molecule has 13 nitrogen and oxygen atoms in total. The zero-order valence-electron chi connectivity index (χ0n) is 37.0. The molecule has 0 saturated heterocycles. The summed E-state index contributed by atoms with van der Waals surface area (Å²) in [6.45, 7) is 28.6. The third kappa shape index (κ3) is 12.2. The third-order valence-corrected chi connectivity index (χ3v) is 13.8. The highest BCUT2D eigenvalue weighted by atomic mass is 28.3. The third-order valence-electron chi connectivity index (χ3n) is 10.4. The molecule has 4 aromatic rings. The molecule has 5 rings (SSSR count). The van der Waals surface area contributed by atoms with Crippen LogP contribution in [-0.4, -0.2) is 109 Å². The molecule has 4 heterocycles. The number of pyridine rings is 1. The fraction of sp³-hybridized carbons (Fsp3) is 0.605. The van der Waals surface area contributed by atoms with E-state index in [1.807, 2.05) is 63.8 Å². The molecule has 0 unspecified atom stereocenters. The molecule has 1 N–H and O–H groups in total. The molecule has 1 aliphatic rings. The van der Waals surface area contributed by atoms with Crippen LogP contribution in [0.5, 0.6) is 0 Å². The highest BCUT2D eigenvalue weighted by Crippen LogP contribution is 2.42. The number of carbonyl (C=O) groups excluding carboxylic acids is 1. The Balaban J connectivity index is 1.69. The lowest BCUT2D eigenvalue weighted by atomic mass is 9.90. The molecule has 0 spiro atoms. The number of imidazole rings is 1. The Morgan fingerprint density at radius 3 is 2.22 bits per heavy atom. The number of nitrogens with one attached hydrogen (secondary N) is 1. The molecule has 1 amide bonds. The van der Waals surface area contributed by atoms with Gasteiger partial charge in [-0.05, 0) is 65.1 Å². The van der Waals surface area contributed by atoms with Crippen molar-refractivity contribution in [1.29, 1.82) is 0 Å². The Morgan fingerprint density at radius 1 is 0.983 bits per heavy atom. The van der Waals surface area contributed by atoms with Gasteiger partial charge in [-0.25, -0.2) is 14.8 Å². The summed E-state index contributed by atoms with van der Waals surface area (Å²) in [7, 11) is -0.852. The highest BCUT2D eigenvalue weighted by molar-refractivity contribution is 6.76. The van der Waals surface area contributed by atoms with E-state index in [0.29, 0.717) is 43.5 Å². The van der Waals surface area contributed by atoms with Gasteiger partial charge in [0, 0.05) is 78.1 Å². The van der Waals surface area contributed by atoms with Gasteiger partial charge >= 0.3 is 6.09 Å². The van der Waals surface area contributed by atoms with Crippen molar-refractivity contribution in [3.8, 4) is 22.6 Å². The van der Waals surface area contributed by atoms with Crippen molar-refractivity contribution >= 4 is 39.5 Å². The van der Waals surface area contributed by atoms with Crippen molar-refractivity contribution in [2.75, 3.05) is 45.2 Å². The smallest absolute Gasteiger partial charge is 0.410 e. The predicted octanol–water partition coefficient (Wildman–Crippen LogP) is 9.90. The minimum atomic E-state index is -1.35. The first kappa shape index (κ1) is 45.0. The van der Waals surface area contributed by atoms with E-state index >= 15 is 0 Å². The maximum absolute atomic E-state index is 13.4. The molecule has 0 aliphatic heterocycles. The van der Waals surface area contributed by atoms with Gasteiger partial charge in [0.05, 0.1) is 24.1 Å². The summed E-state index contributed by atoms with van der Waals surface area (Å²) >= 11 is 0. The number of hydrogen-bond acceptors (Lipinski definition) is 10. The number of nitrogens with zero attached hydrogens (tertiary/aromatic N) is 7. The monoisotopic (exact) mass is 832 g/mol. The highest BCUT2D eigenvalue weighted by Gasteiger charge is 2.35. The Bertz CT molecular complexity index is 1930. The van der Waals surface area contributed by atoms with Crippen LogP contribution in [0.3, 0.4) is 0 Å². The standard InChI is InChI=1S/C43H68N8O5Si2/c1-13-55-31(2)37-38(32-16-14-15-17-34(26-32)49(6)42(52)56-43(3,4)5)48-40-35(33-18-19-36(46-27-33)39-44-20-21-45-39)28-47-51(40)41(37)50(29-53-22-24-57(7,8)9)30-54-23-25-58(10,11)12/h18-21,27-28,32,34H,2,13-17,22-26,29-30H2,1,3-12H3,(H,44,45)/t32-,34+/m0/s1. The summed E-state index contributed by atoms with van der Waals surface area (Å²) in [4.78, 5) is 35.2. The fourth-order valence-corrected chi connectivity index (χ4v) is 8.60. The summed E-state index contributed by atoms with van der Waals surface area (Å²) < 4.78 is 27.1. The largest absolute Gasteiger partial charge is 0.494 e. The van der Waals surface area contributed by atoms with Gasteiger partial charge in [0.25, 0.3) is 0 Å². The van der Waals surface area contributed by atoms with E-state index in [-0.39, 0.29) is 31.5 Å². The van der Waals surface area contributed by atoms with E-state index in [2.05, 4.69) is 60.7 Å². The summed E-state index contributed by atoms with van der Waals surface area (Å²) in [6.07, 6.45) is 11.3. The van der Waals surface area contributed by atoms with Crippen molar-refractivity contribution in [1.82, 2.24) is 34.4 Å². The van der Waals surface area contributed by atoms with Gasteiger partial charge in [0.1, 0.15) is 36.3 Å². The average molecular weight is 833 g/mol. The maximum Gasteiger partial charge on any atom is 0.410 e. The van der Waals surface area contributed by atoms with Gasteiger partial charge < -0.3 is 33.7 Å². The fourth-order valence-electron chi connectivity index (χ4n) is 7.08. The number of H-pyrrole nitrogens is 1. The lowest BCUT2D eigenvalue weighted by molar-refractivity contribution is 0.0204. The van der Waals surface area contributed by atoms with E-state index < -0.39 is 21.7 Å². The van der Waals surface area contributed by atoms with Crippen molar-refractivity contribution in [2.45, 2.75) is 129 Å². The number of rotatable bonds is 18. The second-order valence-corrected chi connectivity index (χ2v) is 30.2. The van der Waals surface area contributed by atoms with Crippen molar-refractivity contribution < 1.29 is 23.7 Å². The molecule has 4 aromatic heterocycles. The van der Waals surface area contributed by atoms with E-state index in [1.54, 1.807) is 17.3 Å². The van der Waals surface area contributed by atoms with Crippen molar-refractivity contribution in [3.05, 3.63) is 54.8 Å². The Hall–Kier alpha value is -4.06. The molecule has 1 fully saturated rings. The molecule has 58 heavy (non-hydrogen) atoms. The Morgan fingerprint density at radius 2 is 1.66 bits per heavy atom. The number of hydrogen-bond donors (Lipinski definition) is 1. The first-order chi connectivity index (χ1) is 27.3. The van der Waals surface area contributed by atoms with Crippen LogP contribution in [0.4, 0.5) is 10.6 Å². The normalized spacial score (nSPS) is 16.6. The first-order valence-corrected chi connectivity index (χ1v) is 28.3. The van der Waals surface area contributed by atoms with Crippen LogP contribution < -0.4 is 4.90 Å². The molecular formula is C43H68N8O5Si2. The lowest BCUT2D eigenvalue weighted by Gasteiger charge is -2.33. The van der Waals surface area contributed by atoms with Crippen molar-refractivity contribution in [3.63, 3.8) is 0 Å². The quantitative estimate of drug-likeness (QED) is 0.0340. The minimum Gasteiger partial charge on any atom is -0.494 e. The van der Waals surface area contributed by atoms with Gasteiger partial charge in [0.15, 0.2) is 11.5 Å². The molecule has 318 valence electrons. The summed E-state index contributed by atoms with van der Waals surface area (Å²) in [5.41, 5.74) is 4.18. The predicted molar refractivity (Wildman–Crippen MR) is 238 cm³/mol. The van der Waals surface area contributed by atoms with E-state index in [1.165, 1.54) is 0 Å². The van der Waals surface area contributed by atoms with Crippen LogP contribution in [0.2, 0.25) is 51.4 Å². The first-order valence-electron chi connectivity index (χ1n) is 20.9. The second kappa shape index (κ2) is 19.3. The number of aromatic nitrogens is 6. The molecule has 0 aromatic carbocycles. The van der Waals surface area contributed by atoms with Crippen molar-refractivity contribution in [2.24, 2.45) is 0 Å². The molecular weight excluding hydrogens is 765 g/mol. The van der Waals surface area contributed by atoms with Gasteiger partial charge in [-0.2, -0.15) is 9.61 Å². The minimum absolute atomic E-state index is 0.0296. The van der Waals surface area contributed by atoms with Crippen LogP contribution >= 0.6 is 0 Å². The number of amides is 1. The summed E-state index contributed by atoms with van der Waals surface area (Å²) in [5.74, 6) is 1.94. The summed E-state index contributed by atoms with van der Waals surface area (Å²) in [5, 5.41) is 5.03. The summed E-state index contributed by atoms with van der Waals surface area (Å²) in [6, 6.07) is 6.01. The Kier molecular flexibility index (Phi) is 15.0. The Labute approximate surface area is 348 Å². The number of ether oxygens (including phenoxy) is 4. The van der Waals surface area contributed by atoms with Gasteiger partial charge in [-0.1, -0.05) is 64.8 Å². The maximum atomic E-state index is 13.4. The molecule has 15 heteroatoms. The van der Waals surface area contributed by atoms with Crippen LogP contribution in [-0.2, 0) is 18.9 Å². The number of carbonyl (C=O) groups is 1. The number of aromatic amines is 1.